The van der Waals surface area contributed by atoms with Crippen LogP contribution in [0.5, 0.6) is 0 Å². The minimum absolute atomic E-state index is 0.417. The number of hydrogen-bond acceptors (Lipinski definition) is 7. The van der Waals surface area contributed by atoms with Crippen LogP contribution in [0.1, 0.15) is 6.92 Å². The standard InChI is InChI=1S/C7H18O7S2Si/c1-7(13-15(2,8)9)6-12-16(10,11)14-17(3,4)5/h7H,6H2,1-5H3. The van der Waals surface area contributed by atoms with Gasteiger partial charge in [0, 0.05) is 0 Å². The van der Waals surface area contributed by atoms with Crippen molar-refractivity contribution < 1.29 is 29.1 Å². The minimum Gasteiger partial charge on any atom is -0.294 e. The molecule has 0 aliphatic carbocycles. The van der Waals surface area contributed by atoms with Crippen molar-refractivity contribution in [3.8, 4) is 0 Å². The Balaban J connectivity index is 4.29. The molecule has 0 radical (unpaired) electrons. The molecule has 104 valence electrons. The molecule has 0 bridgehead atoms. The van der Waals surface area contributed by atoms with Gasteiger partial charge in [-0.3, -0.25) is 8.06 Å². The Labute approximate surface area is 104 Å². The highest BCUT2D eigenvalue weighted by molar-refractivity contribution is 7.86. The van der Waals surface area contributed by atoms with E-state index in [1.54, 1.807) is 19.6 Å². The van der Waals surface area contributed by atoms with Gasteiger partial charge in [0.1, 0.15) is 0 Å². The zero-order valence-corrected chi connectivity index (χ0v) is 13.1. The Hall–Kier alpha value is -0.00312. The maximum Gasteiger partial charge on any atom is 0.390 e. The highest BCUT2D eigenvalue weighted by atomic mass is 32.3. The Morgan fingerprint density at radius 2 is 1.59 bits per heavy atom. The summed E-state index contributed by atoms with van der Waals surface area (Å²) in [4.78, 5) is 0. The highest BCUT2D eigenvalue weighted by Crippen LogP contribution is 2.10. The Bertz CT molecular complexity index is 433. The molecule has 0 N–H and O–H groups in total. The van der Waals surface area contributed by atoms with E-state index in [4.69, 9.17) is 3.87 Å². The zero-order chi connectivity index (χ0) is 13.9. The number of hydrogen-bond donors (Lipinski definition) is 0. The van der Waals surface area contributed by atoms with Crippen LogP contribution in [0.15, 0.2) is 0 Å². The second-order valence-corrected chi connectivity index (χ2v) is 12.0. The molecule has 7 nitrogen and oxygen atoms in total. The van der Waals surface area contributed by atoms with Crippen LogP contribution >= 0.6 is 0 Å². The third-order valence-electron chi connectivity index (χ3n) is 1.14. The third-order valence-corrected chi connectivity index (χ3v) is 5.06. The average molecular weight is 306 g/mol. The summed E-state index contributed by atoms with van der Waals surface area (Å²) in [6.07, 6.45) is -0.0265. The SMILES string of the molecule is CC(COS(=O)(=O)O[Si](C)(C)C)OS(C)(=O)=O. The van der Waals surface area contributed by atoms with Gasteiger partial charge in [-0.25, -0.2) is 4.18 Å². The molecule has 0 aromatic rings. The third kappa shape index (κ3) is 10.8. The molecular formula is C7H18O7S2Si. The second kappa shape index (κ2) is 5.76. The molecule has 0 rings (SSSR count). The van der Waals surface area contributed by atoms with Crippen LogP contribution in [0.25, 0.3) is 0 Å². The maximum absolute atomic E-state index is 11.3. The second-order valence-electron chi connectivity index (χ2n) is 4.50. The molecule has 0 fully saturated rings. The van der Waals surface area contributed by atoms with Gasteiger partial charge in [0.25, 0.3) is 10.1 Å². The molecule has 0 heterocycles. The van der Waals surface area contributed by atoms with E-state index in [0.29, 0.717) is 0 Å². The first-order chi connectivity index (χ1) is 7.31. The summed E-state index contributed by atoms with van der Waals surface area (Å²) in [6.45, 7) is 6.02. The maximum atomic E-state index is 11.3. The summed E-state index contributed by atoms with van der Waals surface area (Å²) in [5.41, 5.74) is 0. The van der Waals surface area contributed by atoms with Crippen LogP contribution in [0.2, 0.25) is 19.6 Å². The fourth-order valence-corrected chi connectivity index (χ4v) is 4.49. The van der Waals surface area contributed by atoms with Crippen molar-refractivity contribution in [3.63, 3.8) is 0 Å². The first kappa shape index (κ1) is 17.0. The van der Waals surface area contributed by atoms with Gasteiger partial charge in [-0.2, -0.15) is 16.8 Å². The topological polar surface area (TPSA) is 96.0 Å². The van der Waals surface area contributed by atoms with Crippen LogP contribution in [-0.2, 0) is 32.8 Å². The van der Waals surface area contributed by atoms with E-state index < -0.39 is 41.5 Å². The summed E-state index contributed by atoms with van der Waals surface area (Å²) < 4.78 is 57.9. The van der Waals surface area contributed by atoms with Crippen LogP contribution in [-0.4, -0.2) is 44.1 Å². The molecule has 10 heteroatoms. The van der Waals surface area contributed by atoms with Gasteiger partial charge in [-0.15, -0.1) is 0 Å². The molecule has 0 amide bonds. The lowest BCUT2D eigenvalue weighted by molar-refractivity contribution is 0.143. The fourth-order valence-electron chi connectivity index (χ4n) is 0.836. The minimum atomic E-state index is -4.10. The summed E-state index contributed by atoms with van der Waals surface area (Å²) >= 11 is 0. The van der Waals surface area contributed by atoms with Crippen molar-refractivity contribution in [2.75, 3.05) is 12.9 Å². The van der Waals surface area contributed by atoms with Crippen molar-refractivity contribution >= 4 is 28.8 Å². The van der Waals surface area contributed by atoms with Gasteiger partial charge in [-0.05, 0) is 26.6 Å². The van der Waals surface area contributed by atoms with Gasteiger partial charge >= 0.3 is 10.4 Å². The molecule has 1 atom stereocenters. The summed E-state index contributed by atoms with van der Waals surface area (Å²) in [5, 5.41) is 0. The molecule has 0 spiro atoms. The molecular weight excluding hydrogens is 288 g/mol. The molecule has 0 aromatic heterocycles. The molecule has 1 unspecified atom stereocenters. The molecule has 17 heavy (non-hydrogen) atoms. The number of rotatable bonds is 7. The van der Waals surface area contributed by atoms with E-state index in [2.05, 4.69) is 8.37 Å². The van der Waals surface area contributed by atoms with Gasteiger partial charge in [-0.1, -0.05) is 0 Å². The van der Waals surface area contributed by atoms with Crippen LogP contribution < -0.4 is 0 Å². The Kier molecular flexibility index (Phi) is 5.76. The van der Waals surface area contributed by atoms with E-state index in [0.717, 1.165) is 6.26 Å². The van der Waals surface area contributed by atoms with Crippen LogP contribution in [0.3, 0.4) is 0 Å². The van der Waals surface area contributed by atoms with E-state index in [1.807, 2.05) is 0 Å². The van der Waals surface area contributed by atoms with Crippen molar-refractivity contribution in [1.82, 2.24) is 0 Å². The summed E-state index contributed by atoms with van der Waals surface area (Å²) in [5.74, 6) is 0. The first-order valence-corrected chi connectivity index (χ1v) is 11.3. The van der Waals surface area contributed by atoms with Crippen molar-refractivity contribution in [2.45, 2.75) is 32.7 Å². The monoisotopic (exact) mass is 306 g/mol. The largest absolute Gasteiger partial charge is 0.390 e. The average Bonchev–Trinajstić information content (AvgIpc) is 1.92. The van der Waals surface area contributed by atoms with E-state index in [9.17, 15) is 16.8 Å². The molecule has 0 saturated carbocycles. The highest BCUT2D eigenvalue weighted by Gasteiger charge is 2.26. The van der Waals surface area contributed by atoms with Gasteiger partial charge in [0.15, 0.2) is 0 Å². The smallest absolute Gasteiger partial charge is 0.294 e. The summed E-state index contributed by atoms with van der Waals surface area (Å²) in [7, 11) is -10.0. The zero-order valence-electron chi connectivity index (χ0n) is 10.5. The lowest BCUT2D eigenvalue weighted by Gasteiger charge is -2.17. The lowest BCUT2D eigenvalue weighted by Crippen LogP contribution is -2.32. The Morgan fingerprint density at radius 1 is 1.12 bits per heavy atom. The fraction of sp³-hybridized carbons (Fsp3) is 1.00. The molecule has 0 aromatic carbocycles. The van der Waals surface area contributed by atoms with Crippen molar-refractivity contribution in [2.24, 2.45) is 0 Å². The first-order valence-electron chi connectivity index (χ1n) is 4.79. The summed E-state index contributed by atoms with van der Waals surface area (Å²) in [6, 6.07) is 0. The van der Waals surface area contributed by atoms with Crippen molar-refractivity contribution in [3.05, 3.63) is 0 Å². The van der Waals surface area contributed by atoms with Crippen LogP contribution in [0, 0.1) is 0 Å². The van der Waals surface area contributed by atoms with Gasteiger partial charge in [0.2, 0.25) is 8.32 Å². The molecule has 0 saturated heterocycles. The van der Waals surface area contributed by atoms with Gasteiger partial charge < -0.3 is 0 Å². The quantitative estimate of drug-likeness (QED) is 0.498. The van der Waals surface area contributed by atoms with Gasteiger partial charge in [0.05, 0.1) is 19.0 Å². The Morgan fingerprint density at radius 3 is 1.94 bits per heavy atom. The predicted molar refractivity (Wildman–Crippen MR) is 64.7 cm³/mol. The predicted octanol–water partition coefficient (Wildman–Crippen LogP) is 0.464. The van der Waals surface area contributed by atoms with Crippen molar-refractivity contribution in [1.29, 1.82) is 0 Å². The molecule has 0 aliphatic rings. The molecule has 0 aliphatic heterocycles. The van der Waals surface area contributed by atoms with E-state index in [1.165, 1.54) is 6.92 Å². The van der Waals surface area contributed by atoms with E-state index >= 15 is 0 Å². The lowest BCUT2D eigenvalue weighted by atomic mass is 10.5. The van der Waals surface area contributed by atoms with E-state index in [-0.39, 0.29) is 0 Å². The van der Waals surface area contributed by atoms with Crippen LogP contribution in [0.4, 0.5) is 0 Å². The normalized spacial score (nSPS) is 15.8.